The van der Waals surface area contributed by atoms with Gasteiger partial charge >= 0.3 is 6.03 Å². The highest BCUT2D eigenvalue weighted by atomic mass is 32.2. The third-order valence-corrected chi connectivity index (χ3v) is 7.24. The molecular weight excluding hydrogens is 292 g/mol. The molecule has 0 aromatic heterocycles. The Balaban J connectivity index is 1.58. The minimum atomic E-state index is -2.93. The number of rotatable bonds is 3. The van der Waals surface area contributed by atoms with E-state index in [4.69, 9.17) is 4.74 Å². The molecular formula is C14H24N2O4S. The molecule has 2 amide bonds. The standard InChI is InChI=1S/C14H24N2O4S/c1-4-20-14(3)5-11(14)15-12(17)16-6-10-7-21(18,19)9-13(10,2)8-16/h10-11H,4-9H2,1-3H3,(H,15,17)/t10-,11-,13+,14+/m1/s1. The quantitative estimate of drug-likeness (QED) is 0.828. The van der Waals surface area contributed by atoms with Gasteiger partial charge in [0.15, 0.2) is 9.84 Å². The van der Waals surface area contributed by atoms with Crippen molar-refractivity contribution < 1.29 is 17.9 Å². The van der Waals surface area contributed by atoms with Gasteiger partial charge in [-0.1, -0.05) is 6.92 Å². The first-order valence-electron chi connectivity index (χ1n) is 7.57. The Morgan fingerprint density at radius 2 is 2.14 bits per heavy atom. The zero-order chi connectivity index (χ0) is 15.5. The second-order valence-corrected chi connectivity index (χ2v) is 9.35. The predicted molar refractivity (Wildman–Crippen MR) is 78.8 cm³/mol. The molecule has 3 aliphatic rings. The van der Waals surface area contributed by atoms with E-state index in [2.05, 4.69) is 5.32 Å². The van der Waals surface area contributed by atoms with Crippen LogP contribution in [0.2, 0.25) is 0 Å². The molecule has 3 rings (SSSR count). The van der Waals surface area contributed by atoms with E-state index in [0.29, 0.717) is 19.7 Å². The van der Waals surface area contributed by atoms with Crippen LogP contribution in [0.3, 0.4) is 0 Å². The van der Waals surface area contributed by atoms with Crippen LogP contribution in [0.5, 0.6) is 0 Å². The number of carbonyl (C=O) groups excluding carboxylic acids is 1. The fraction of sp³-hybridized carbons (Fsp3) is 0.929. The molecule has 4 atom stereocenters. The van der Waals surface area contributed by atoms with Gasteiger partial charge in [0.1, 0.15) is 0 Å². The van der Waals surface area contributed by atoms with Crippen molar-refractivity contribution in [3.05, 3.63) is 0 Å². The molecule has 1 aliphatic carbocycles. The number of nitrogens with one attached hydrogen (secondary N) is 1. The van der Waals surface area contributed by atoms with Crippen molar-refractivity contribution in [1.29, 1.82) is 0 Å². The van der Waals surface area contributed by atoms with Crippen LogP contribution in [0.15, 0.2) is 0 Å². The lowest BCUT2D eigenvalue weighted by atomic mass is 9.84. The highest BCUT2D eigenvalue weighted by Gasteiger charge is 2.56. The van der Waals surface area contributed by atoms with E-state index in [-0.39, 0.29) is 40.5 Å². The van der Waals surface area contributed by atoms with E-state index < -0.39 is 9.84 Å². The van der Waals surface area contributed by atoms with E-state index in [1.54, 1.807) is 4.90 Å². The van der Waals surface area contributed by atoms with Gasteiger partial charge in [0.2, 0.25) is 0 Å². The lowest BCUT2D eigenvalue weighted by Gasteiger charge is -2.22. The van der Waals surface area contributed by atoms with Crippen molar-refractivity contribution in [2.24, 2.45) is 11.3 Å². The minimum Gasteiger partial charge on any atom is -0.373 e. The molecule has 6 nitrogen and oxygen atoms in total. The number of amides is 2. The second kappa shape index (κ2) is 4.59. The summed E-state index contributed by atoms with van der Waals surface area (Å²) in [5.74, 6) is 0.493. The molecule has 0 spiro atoms. The van der Waals surface area contributed by atoms with E-state index in [1.807, 2.05) is 20.8 Å². The number of fused-ring (bicyclic) bond motifs is 1. The highest BCUT2D eigenvalue weighted by Crippen LogP contribution is 2.44. The van der Waals surface area contributed by atoms with Crippen LogP contribution >= 0.6 is 0 Å². The van der Waals surface area contributed by atoms with Crippen LogP contribution in [0.4, 0.5) is 4.79 Å². The first-order valence-corrected chi connectivity index (χ1v) is 9.39. The molecule has 0 unspecified atom stereocenters. The van der Waals surface area contributed by atoms with E-state index in [9.17, 15) is 13.2 Å². The fourth-order valence-electron chi connectivity index (χ4n) is 3.84. The zero-order valence-corrected chi connectivity index (χ0v) is 13.7. The average molecular weight is 316 g/mol. The SMILES string of the molecule is CCO[C@@]1(C)C[C@H]1NC(=O)N1C[C@@H]2CS(=O)(=O)C[C@]2(C)C1. The number of urea groups is 1. The monoisotopic (exact) mass is 316 g/mol. The molecule has 0 radical (unpaired) electrons. The van der Waals surface area contributed by atoms with Crippen LogP contribution < -0.4 is 5.32 Å². The Bertz CT molecular complexity index is 563. The summed E-state index contributed by atoms with van der Waals surface area (Å²) in [6, 6.07) is -0.0154. The molecule has 21 heavy (non-hydrogen) atoms. The summed E-state index contributed by atoms with van der Waals surface area (Å²) in [6.07, 6.45) is 0.843. The number of carbonyl (C=O) groups is 1. The van der Waals surface area contributed by atoms with Crippen LogP contribution in [-0.4, -0.2) is 62.2 Å². The molecule has 120 valence electrons. The Kier molecular flexibility index (Phi) is 3.30. The van der Waals surface area contributed by atoms with Gasteiger partial charge in [0, 0.05) is 31.5 Å². The highest BCUT2D eigenvalue weighted by molar-refractivity contribution is 7.91. The maximum Gasteiger partial charge on any atom is 0.317 e. The third kappa shape index (κ3) is 2.65. The van der Waals surface area contributed by atoms with Crippen molar-refractivity contribution in [1.82, 2.24) is 10.2 Å². The Morgan fingerprint density at radius 1 is 1.43 bits per heavy atom. The van der Waals surface area contributed by atoms with Gasteiger partial charge in [-0.15, -0.1) is 0 Å². The van der Waals surface area contributed by atoms with Crippen molar-refractivity contribution in [3.8, 4) is 0 Å². The Labute approximate surface area is 126 Å². The summed E-state index contributed by atoms with van der Waals surface area (Å²) in [5, 5.41) is 3.01. The van der Waals surface area contributed by atoms with Gasteiger partial charge in [-0.2, -0.15) is 0 Å². The van der Waals surface area contributed by atoms with Crippen LogP contribution in [0.1, 0.15) is 27.2 Å². The maximum atomic E-state index is 12.3. The molecule has 0 aromatic carbocycles. The van der Waals surface area contributed by atoms with Gasteiger partial charge in [0.05, 0.1) is 23.1 Å². The molecule has 7 heteroatoms. The van der Waals surface area contributed by atoms with Crippen molar-refractivity contribution >= 4 is 15.9 Å². The van der Waals surface area contributed by atoms with Crippen LogP contribution in [0.25, 0.3) is 0 Å². The van der Waals surface area contributed by atoms with Crippen LogP contribution in [-0.2, 0) is 14.6 Å². The molecule has 3 fully saturated rings. The molecule has 1 N–H and O–H groups in total. The fourth-order valence-corrected chi connectivity index (χ4v) is 6.41. The van der Waals surface area contributed by atoms with E-state index in [0.717, 1.165) is 6.42 Å². The summed E-state index contributed by atoms with van der Waals surface area (Å²) in [7, 11) is -2.93. The summed E-state index contributed by atoms with van der Waals surface area (Å²) in [6.45, 7) is 7.65. The summed E-state index contributed by atoms with van der Waals surface area (Å²) < 4.78 is 29.1. The molecule has 2 heterocycles. The molecule has 2 saturated heterocycles. The first-order chi connectivity index (χ1) is 9.67. The number of nitrogens with zero attached hydrogens (tertiary/aromatic N) is 1. The maximum absolute atomic E-state index is 12.3. The summed E-state index contributed by atoms with van der Waals surface area (Å²) >= 11 is 0. The third-order valence-electron chi connectivity index (χ3n) is 5.23. The van der Waals surface area contributed by atoms with Crippen LogP contribution in [0, 0.1) is 11.3 Å². The topological polar surface area (TPSA) is 75.7 Å². The van der Waals surface area contributed by atoms with Gasteiger partial charge < -0.3 is 15.0 Å². The normalized spacial score (nSPS) is 43.7. The Hall–Kier alpha value is -0.820. The second-order valence-electron chi connectivity index (χ2n) is 7.24. The zero-order valence-electron chi connectivity index (χ0n) is 12.9. The molecule has 2 aliphatic heterocycles. The molecule has 1 saturated carbocycles. The summed E-state index contributed by atoms with van der Waals surface area (Å²) in [5.41, 5.74) is -0.504. The van der Waals surface area contributed by atoms with E-state index in [1.165, 1.54) is 0 Å². The van der Waals surface area contributed by atoms with Gasteiger partial charge in [-0.05, 0) is 19.8 Å². The number of ether oxygens (including phenoxy) is 1. The number of likely N-dealkylation sites (tertiary alicyclic amines) is 1. The lowest BCUT2D eigenvalue weighted by Crippen LogP contribution is -2.43. The number of sulfone groups is 1. The molecule has 0 aromatic rings. The van der Waals surface area contributed by atoms with Gasteiger partial charge in [0.25, 0.3) is 0 Å². The van der Waals surface area contributed by atoms with Crippen molar-refractivity contribution in [2.45, 2.75) is 38.8 Å². The number of hydrogen-bond donors (Lipinski definition) is 1. The minimum absolute atomic E-state index is 0.0712. The Morgan fingerprint density at radius 3 is 2.76 bits per heavy atom. The molecule has 0 bridgehead atoms. The average Bonchev–Trinajstić information content (AvgIpc) is 2.72. The van der Waals surface area contributed by atoms with Crippen molar-refractivity contribution in [3.63, 3.8) is 0 Å². The summed E-state index contributed by atoms with van der Waals surface area (Å²) in [4.78, 5) is 14.1. The predicted octanol–water partition coefficient (Wildman–Crippen LogP) is 0.630. The van der Waals surface area contributed by atoms with Gasteiger partial charge in [-0.25, -0.2) is 13.2 Å². The number of hydrogen-bond acceptors (Lipinski definition) is 4. The first kappa shape index (κ1) is 15.1. The lowest BCUT2D eigenvalue weighted by molar-refractivity contribution is 0.0487. The largest absolute Gasteiger partial charge is 0.373 e. The van der Waals surface area contributed by atoms with Gasteiger partial charge in [-0.3, -0.25) is 0 Å². The van der Waals surface area contributed by atoms with E-state index >= 15 is 0 Å². The van der Waals surface area contributed by atoms with Crippen molar-refractivity contribution in [2.75, 3.05) is 31.2 Å². The smallest absolute Gasteiger partial charge is 0.317 e.